The third-order valence-corrected chi connectivity index (χ3v) is 10.6. The van der Waals surface area contributed by atoms with E-state index in [-0.39, 0.29) is 0 Å². The van der Waals surface area contributed by atoms with E-state index in [9.17, 15) is 21.6 Å². The molecular formula is C28H35F3N2O4S2. The van der Waals surface area contributed by atoms with E-state index in [1.165, 1.54) is 0 Å². The van der Waals surface area contributed by atoms with Crippen LogP contribution in [-0.4, -0.2) is 54.1 Å². The maximum Gasteiger partial charge on any atom is 0.405 e. The van der Waals surface area contributed by atoms with Crippen LogP contribution in [0.4, 0.5) is 24.5 Å². The molecule has 0 fully saturated rings. The average molecular weight is 585 g/mol. The normalized spacial score (nSPS) is 13.2. The Morgan fingerprint density at radius 2 is 1.03 bits per heavy atom. The van der Waals surface area contributed by atoms with Crippen LogP contribution in [0.2, 0.25) is 0 Å². The predicted octanol–water partition coefficient (Wildman–Crippen LogP) is 7.10. The molecule has 11 heteroatoms. The van der Waals surface area contributed by atoms with Gasteiger partial charge in [0.05, 0.1) is 0 Å². The minimum Gasteiger partial charge on any atom is -0.488 e. The Bertz CT molecular complexity index is 1300. The summed E-state index contributed by atoms with van der Waals surface area (Å²) in [6.07, 6.45) is -4.97. The third-order valence-electron chi connectivity index (χ3n) is 5.50. The van der Waals surface area contributed by atoms with Crippen LogP contribution < -0.4 is 14.5 Å². The topological polar surface area (TPSA) is 59.1 Å². The lowest BCUT2D eigenvalue weighted by atomic mass is 10.2. The molecule has 0 radical (unpaired) electrons. The lowest BCUT2D eigenvalue weighted by Crippen LogP contribution is -2.26. The molecule has 3 rings (SSSR count). The molecule has 0 N–H and O–H groups in total. The average Bonchev–Trinajstić information content (AvgIpc) is 2.81. The van der Waals surface area contributed by atoms with Crippen LogP contribution in [0.5, 0.6) is 5.75 Å². The molecule has 6 nitrogen and oxygen atoms in total. The Hall–Kier alpha value is -2.89. The summed E-state index contributed by atoms with van der Waals surface area (Å²) in [7, 11) is -0.844. The minimum atomic E-state index is -5.07. The summed E-state index contributed by atoms with van der Waals surface area (Å²) in [4.78, 5) is 5.01. The van der Waals surface area contributed by atoms with Crippen molar-refractivity contribution >= 4 is 31.8 Å². The number of hydrogen-bond acceptors (Lipinski definition) is 6. The summed E-state index contributed by atoms with van der Waals surface area (Å²) >= 11 is 0. The Kier molecular flexibility index (Phi) is 8.88. The van der Waals surface area contributed by atoms with Crippen molar-refractivity contribution in [3.05, 3.63) is 72.8 Å². The van der Waals surface area contributed by atoms with Crippen molar-refractivity contribution in [2.75, 3.05) is 43.7 Å². The molecule has 0 saturated carbocycles. The van der Waals surface area contributed by atoms with Crippen molar-refractivity contribution in [3.8, 4) is 5.75 Å². The highest BCUT2D eigenvalue weighted by molar-refractivity contribution is 8.33. The van der Waals surface area contributed by atoms with Gasteiger partial charge in [0.15, 0.2) is 5.75 Å². The van der Waals surface area contributed by atoms with Crippen LogP contribution in [0.15, 0.2) is 87.5 Å². The molecule has 39 heavy (non-hydrogen) atoms. The maximum atomic E-state index is 13.4. The van der Waals surface area contributed by atoms with Crippen molar-refractivity contribution in [1.82, 2.24) is 0 Å². The van der Waals surface area contributed by atoms with Gasteiger partial charge in [-0.25, -0.2) is 3.63 Å². The predicted molar refractivity (Wildman–Crippen MR) is 152 cm³/mol. The van der Waals surface area contributed by atoms with E-state index in [0.717, 1.165) is 11.4 Å². The van der Waals surface area contributed by atoms with Gasteiger partial charge in [0.2, 0.25) is 0 Å². The first-order chi connectivity index (χ1) is 17.9. The van der Waals surface area contributed by atoms with Gasteiger partial charge in [-0.15, -0.1) is 0 Å². The number of alkyl halides is 3. The van der Waals surface area contributed by atoms with E-state index < -0.39 is 38.0 Å². The standard InChI is InChI=1S/C28H35F3N2O4S2/c1-27(2,3)36-23-12-18-26(19-13-23)39(37-38(34,35)20-28(29,30)31,24-14-8-21(9-15-24)32(4)5)25-16-10-22(11-17-25)33(6)7/h8-19H,20H2,1-7H3. The van der Waals surface area contributed by atoms with Gasteiger partial charge in [-0.1, -0.05) is 0 Å². The van der Waals surface area contributed by atoms with E-state index in [4.69, 9.17) is 8.37 Å². The monoisotopic (exact) mass is 584 g/mol. The van der Waals surface area contributed by atoms with E-state index in [1.807, 2.05) is 58.8 Å². The lowest BCUT2D eigenvalue weighted by molar-refractivity contribution is -0.107. The number of nitrogens with zero attached hydrogens (tertiary/aromatic N) is 2. The van der Waals surface area contributed by atoms with E-state index >= 15 is 0 Å². The summed E-state index contributed by atoms with van der Waals surface area (Å²) in [5, 5.41) is 0. The molecule has 0 aliphatic heterocycles. The molecule has 0 spiro atoms. The largest absolute Gasteiger partial charge is 0.488 e. The summed E-state index contributed by atoms with van der Waals surface area (Å²) in [6.45, 7) is 5.67. The Labute approximate surface area is 231 Å². The lowest BCUT2D eigenvalue weighted by Gasteiger charge is -2.40. The number of rotatable bonds is 9. The Morgan fingerprint density at radius 3 is 1.33 bits per heavy atom. The fourth-order valence-corrected chi connectivity index (χ4v) is 8.99. The molecule has 0 saturated heterocycles. The molecule has 3 aromatic carbocycles. The smallest absolute Gasteiger partial charge is 0.405 e. The van der Waals surface area contributed by atoms with Crippen LogP contribution in [-0.2, 0) is 13.7 Å². The van der Waals surface area contributed by atoms with Crippen LogP contribution in [0.3, 0.4) is 0 Å². The first kappa shape index (κ1) is 30.6. The highest BCUT2D eigenvalue weighted by atomic mass is 32.3. The highest BCUT2D eigenvalue weighted by Crippen LogP contribution is 2.70. The second-order valence-electron chi connectivity index (χ2n) is 10.4. The summed E-state index contributed by atoms with van der Waals surface area (Å²) in [5.41, 5.74) is 1.19. The molecule has 3 aromatic rings. The summed E-state index contributed by atoms with van der Waals surface area (Å²) < 4.78 is 77.8. The number of ether oxygens (including phenoxy) is 1. The molecule has 0 bridgehead atoms. The van der Waals surface area contributed by atoms with Gasteiger partial charge in [0, 0.05) is 54.3 Å². The van der Waals surface area contributed by atoms with Gasteiger partial charge in [0.1, 0.15) is 11.4 Å². The summed E-state index contributed by atoms with van der Waals surface area (Å²) in [5.74, 6) is -1.57. The van der Waals surface area contributed by atoms with Gasteiger partial charge in [0.25, 0.3) is 10.1 Å². The molecule has 0 heterocycles. The fourth-order valence-electron chi connectivity index (χ4n) is 3.83. The van der Waals surface area contributed by atoms with Gasteiger partial charge >= 0.3 is 6.18 Å². The quantitative estimate of drug-likeness (QED) is 0.267. The number of halogens is 3. The van der Waals surface area contributed by atoms with Crippen molar-refractivity contribution in [2.45, 2.75) is 47.2 Å². The molecular weight excluding hydrogens is 549 g/mol. The van der Waals surface area contributed by atoms with Crippen LogP contribution in [0, 0.1) is 0 Å². The van der Waals surface area contributed by atoms with Gasteiger partial charge in [-0.2, -0.15) is 21.6 Å². The number of hydrogen-bond donors (Lipinski definition) is 0. The first-order valence-electron chi connectivity index (χ1n) is 12.1. The van der Waals surface area contributed by atoms with Crippen molar-refractivity contribution in [1.29, 1.82) is 0 Å². The van der Waals surface area contributed by atoms with E-state index in [2.05, 4.69) is 0 Å². The second-order valence-corrected chi connectivity index (χ2v) is 14.9. The first-order valence-corrected chi connectivity index (χ1v) is 15.2. The molecule has 0 amide bonds. The highest BCUT2D eigenvalue weighted by Gasteiger charge is 2.43. The van der Waals surface area contributed by atoms with Crippen LogP contribution in [0.25, 0.3) is 0 Å². The van der Waals surface area contributed by atoms with Gasteiger partial charge in [-0.3, -0.25) is 0 Å². The Morgan fingerprint density at radius 1 is 0.667 bits per heavy atom. The SMILES string of the molecule is CN(C)c1ccc(S(OS(=O)(=O)CC(F)(F)F)(c2ccc(OC(C)(C)C)cc2)c2ccc(N(C)C)cc2)cc1. The Balaban J connectivity index is 2.33. The van der Waals surface area contributed by atoms with E-state index in [1.54, 1.807) is 72.8 Å². The second kappa shape index (κ2) is 11.3. The summed E-state index contributed by atoms with van der Waals surface area (Å²) in [6, 6.07) is 20.6. The van der Waals surface area contributed by atoms with Gasteiger partial charge < -0.3 is 14.5 Å². The third kappa shape index (κ3) is 7.83. The van der Waals surface area contributed by atoms with Crippen molar-refractivity contribution in [2.24, 2.45) is 0 Å². The number of benzene rings is 3. The molecule has 0 unspecified atom stereocenters. The molecule has 0 aliphatic rings. The molecule has 214 valence electrons. The van der Waals surface area contributed by atoms with Crippen LogP contribution in [0.1, 0.15) is 20.8 Å². The fraction of sp³-hybridized carbons (Fsp3) is 0.357. The van der Waals surface area contributed by atoms with Crippen molar-refractivity contribution in [3.63, 3.8) is 0 Å². The molecule has 0 atom stereocenters. The zero-order chi connectivity index (χ0) is 29.2. The van der Waals surface area contributed by atoms with Crippen molar-refractivity contribution < 1.29 is 30.0 Å². The number of anilines is 2. The van der Waals surface area contributed by atoms with Crippen LogP contribution >= 0.6 is 10.3 Å². The van der Waals surface area contributed by atoms with Gasteiger partial charge in [-0.05, 0) is 104 Å². The zero-order valence-corrected chi connectivity index (χ0v) is 24.7. The molecule has 0 aliphatic carbocycles. The molecule has 0 aromatic heterocycles. The van der Waals surface area contributed by atoms with E-state index in [0.29, 0.717) is 20.4 Å². The maximum absolute atomic E-state index is 13.4. The zero-order valence-electron chi connectivity index (χ0n) is 23.1. The minimum absolute atomic E-state index is 0.407.